The molecule has 1 aromatic carbocycles. The lowest BCUT2D eigenvalue weighted by atomic mass is 9.53. The van der Waals surface area contributed by atoms with Crippen LogP contribution in [0.25, 0.3) is 0 Å². The van der Waals surface area contributed by atoms with Crippen molar-refractivity contribution in [1.82, 2.24) is 15.1 Å². The topological polar surface area (TPSA) is 44.8 Å². The van der Waals surface area contributed by atoms with Crippen LogP contribution < -0.4 is 5.32 Å². The van der Waals surface area contributed by atoms with E-state index >= 15 is 0 Å². The number of amides is 1. The van der Waals surface area contributed by atoms with E-state index in [0.29, 0.717) is 6.61 Å². The maximum atomic E-state index is 12.5. The molecule has 2 saturated heterocycles. The van der Waals surface area contributed by atoms with Crippen LogP contribution in [0.5, 0.6) is 0 Å². The Morgan fingerprint density at radius 3 is 2.23 bits per heavy atom. The Balaban J connectivity index is 1.08. The van der Waals surface area contributed by atoms with Crippen molar-refractivity contribution in [2.45, 2.75) is 69.0 Å². The van der Waals surface area contributed by atoms with Gasteiger partial charge in [-0.1, -0.05) is 30.3 Å². The number of ether oxygens (including phenoxy) is 1. The molecule has 6 aliphatic rings. The summed E-state index contributed by atoms with van der Waals surface area (Å²) in [4.78, 5) is 16.9. The van der Waals surface area contributed by atoms with E-state index < -0.39 is 0 Å². The van der Waals surface area contributed by atoms with E-state index in [1.54, 1.807) is 0 Å². The molecule has 5 nitrogen and oxygen atoms in total. The van der Waals surface area contributed by atoms with Crippen LogP contribution in [-0.2, 0) is 4.74 Å². The first kappa shape index (κ1) is 19.8. The number of hydrogen-bond acceptors (Lipinski definition) is 3. The van der Waals surface area contributed by atoms with Gasteiger partial charge in [0.05, 0.1) is 6.04 Å². The third-order valence-corrected chi connectivity index (χ3v) is 9.01. The van der Waals surface area contributed by atoms with Crippen molar-refractivity contribution in [2.24, 2.45) is 17.8 Å². The highest BCUT2D eigenvalue weighted by atomic mass is 32.1. The second-order valence-corrected chi connectivity index (χ2v) is 11.1. The van der Waals surface area contributed by atoms with E-state index in [4.69, 9.17) is 17.0 Å². The number of carbonyl (C=O) groups excluding carboxylic acids is 1. The number of thiocarbonyl (C=S) groups is 1. The fraction of sp³-hybridized carbons (Fsp3) is 0.680. The van der Waals surface area contributed by atoms with Crippen LogP contribution in [0, 0.1) is 17.8 Å². The van der Waals surface area contributed by atoms with Gasteiger partial charge in [0.25, 0.3) is 0 Å². The summed E-state index contributed by atoms with van der Waals surface area (Å²) < 4.78 is 5.45. The second kappa shape index (κ2) is 7.65. The molecule has 6 heteroatoms. The Labute approximate surface area is 190 Å². The number of nitrogens with one attached hydrogen (secondary N) is 1. The fourth-order valence-electron chi connectivity index (χ4n) is 7.68. The lowest BCUT2D eigenvalue weighted by Gasteiger charge is -2.57. The van der Waals surface area contributed by atoms with Gasteiger partial charge in [0.2, 0.25) is 0 Å². The van der Waals surface area contributed by atoms with Crippen molar-refractivity contribution in [3.8, 4) is 0 Å². The number of piperidine rings is 1. The quantitative estimate of drug-likeness (QED) is 0.703. The molecule has 4 saturated carbocycles. The van der Waals surface area contributed by atoms with Crippen molar-refractivity contribution in [3.63, 3.8) is 0 Å². The summed E-state index contributed by atoms with van der Waals surface area (Å²) in [5, 5.41) is 4.82. The molecule has 1 aromatic rings. The number of carbonyl (C=O) groups is 1. The number of hydrogen-bond donors (Lipinski definition) is 1. The van der Waals surface area contributed by atoms with Gasteiger partial charge < -0.3 is 15.0 Å². The van der Waals surface area contributed by atoms with Crippen LogP contribution in [0.15, 0.2) is 30.3 Å². The van der Waals surface area contributed by atoms with Crippen LogP contribution in [-0.4, -0.2) is 52.3 Å². The lowest BCUT2D eigenvalue weighted by Crippen LogP contribution is -2.62. The third kappa shape index (κ3) is 3.61. The molecule has 2 heterocycles. The summed E-state index contributed by atoms with van der Waals surface area (Å²) in [6.45, 7) is 2.28. The monoisotopic (exact) mass is 439 g/mol. The van der Waals surface area contributed by atoms with Crippen LogP contribution >= 0.6 is 12.2 Å². The molecule has 1 amide bonds. The maximum absolute atomic E-state index is 12.5. The molecule has 1 N–H and O–H groups in total. The number of cyclic esters (lactones) is 1. The molecule has 0 unspecified atom stereocenters. The molecule has 1 atom stereocenters. The minimum atomic E-state index is -0.165. The highest BCUT2D eigenvalue weighted by Gasteiger charge is 2.51. The molecule has 31 heavy (non-hydrogen) atoms. The van der Waals surface area contributed by atoms with E-state index in [1.165, 1.54) is 38.5 Å². The van der Waals surface area contributed by atoms with Crippen molar-refractivity contribution < 1.29 is 9.53 Å². The molecular weight excluding hydrogens is 406 g/mol. The van der Waals surface area contributed by atoms with Gasteiger partial charge in [0.15, 0.2) is 5.11 Å². The first-order chi connectivity index (χ1) is 15.1. The van der Waals surface area contributed by atoms with Crippen molar-refractivity contribution in [2.75, 3.05) is 19.7 Å². The van der Waals surface area contributed by atoms with Gasteiger partial charge in [-0.25, -0.2) is 4.79 Å². The highest BCUT2D eigenvalue weighted by Crippen LogP contribution is 2.55. The van der Waals surface area contributed by atoms with Gasteiger partial charge >= 0.3 is 6.09 Å². The number of benzene rings is 1. The lowest BCUT2D eigenvalue weighted by molar-refractivity contribution is -0.0115. The third-order valence-electron chi connectivity index (χ3n) is 8.65. The predicted molar refractivity (Wildman–Crippen MR) is 124 cm³/mol. The Morgan fingerprint density at radius 2 is 1.61 bits per heavy atom. The summed E-state index contributed by atoms with van der Waals surface area (Å²) in [5.74, 6) is 2.76. The smallest absolute Gasteiger partial charge is 0.410 e. The SMILES string of the molecule is O=C1OC[C@@H](c2ccccc2)N1C1CCN(C(=S)NC23CC4CC(CC(C4)C2)C3)CC1. The first-order valence-corrected chi connectivity index (χ1v) is 12.6. The van der Waals surface area contributed by atoms with E-state index in [-0.39, 0.29) is 23.7 Å². The Hall–Kier alpha value is -1.82. The van der Waals surface area contributed by atoms with Gasteiger partial charge in [-0.05, 0) is 86.9 Å². The van der Waals surface area contributed by atoms with Crippen molar-refractivity contribution in [3.05, 3.63) is 35.9 Å². The summed E-state index contributed by atoms with van der Waals surface area (Å²) >= 11 is 5.92. The second-order valence-electron chi connectivity index (χ2n) is 10.8. The zero-order valence-electron chi connectivity index (χ0n) is 18.2. The Kier molecular flexibility index (Phi) is 4.89. The maximum Gasteiger partial charge on any atom is 0.410 e. The zero-order valence-corrected chi connectivity index (χ0v) is 19.0. The molecule has 6 fully saturated rings. The average molecular weight is 440 g/mol. The van der Waals surface area contributed by atoms with E-state index in [9.17, 15) is 4.79 Å². The summed E-state index contributed by atoms with van der Waals surface area (Å²) in [6, 6.07) is 10.5. The van der Waals surface area contributed by atoms with Crippen LogP contribution in [0.2, 0.25) is 0 Å². The molecular formula is C25H33N3O2S. The molecule has 166 valence electrons. The Bertz CT molecular complexity index is 816. The van der Waals surface area contributed by atoms with Crippen LogP contribution in [0.3, 0.4) is 0 Å². The molecule has 4 aliphatic carbocycles. The standard InChI is InChI=1S/C25H33N3O2S/c29-24-28(22(16-30-24)20-4-2-1-3-5-20)21-6-8-27(9-7-21)23(31)26-25-13-17-10-18(14-25)12-19(11-17)15-25/h1-5,17-19,21-22H,6-16H2,(H,26,31)/t17?,18?,19?,22-,25?/m0/s1. The predicted octanol–water partition coefficient (Wildman–Crippen LogP) is 4.49. The number of likely N-dealkylation sites (tertiary alicyclic amines) is 1. The van der Waals surface area contributed by atoms with Gasteiger partial charge in [0, 0.05) is 24.7 Å². The minimum absolute atomic E-state index is 0.0300. The number of rotatable bonds is 3. The first-order valence-electron chi connectivity index (χ1n) is 12.2. The summed E-state index contributed by atoms with van der Waals surface area (Å²) in [5.41, 5.74) is 1.43. The van der Waals surface area contributed by atoms with Gasteiger partial charge in [-0.3, -0.25) is 4.90 Å². The normalized spacial score (nSPS) is 37.2. The van der Waals surface area contributed by atoms with E-state index in [1.807, 2.05) is 23.1 Å². The van der Waals surface area contributed by atoms with Crippen LogP contribution in [0.1, 0.15) is 63.0 Å². The van der Waals surface area contributed by atoms with Crippen molar-refractivity contribution in [1.29, 1.82) is 0 Å². The molecule has 0 radical (unpaired) electrons. The molecule has 4 bridgehead atoms. The molecule has 7 rings (SSSR count). The number of nitrogens with zero attached hydrogens (tertiary/aromatic N) is 2. The van der Waals surface area contributed by atoms with E-state index in [2.05, 4.69) is 22.3 Å². The highest BCUT2D eigenvalue weighted by molar-refractivity contribution is 7.80. The zero-order chi connectivity index (χ0) is 21.0. The molecule has 0 aromatic heterocycles. The average Bonchev–Trinajstić information content (AvgIpc) is 3.14. The van der Waals surface area contributed by atoms with Gasteiger partial charge in [0.1, 0.15) is 6.61 Å². The largest absolute Gasteiger partial charge is 0.447 e. The van der Waals surface area contributed by atoms with E-state index in [0.717, 1.165) is 54.4 Å². The van der Waals surface area contributed by atoms with Gasteiger partial charge in [-0.15, -0.1) is 0 Å². The minimum Gasteiger partial charge on any atom is -0.447 e. The van der Waals surface area contributed by atoms with Crippen LogP contribution in [0.4, 0.5) is 4.79 Å². The summed E-state index contributed by atoms with van der Waals surface area (Å²) in [7, 11) is 0. The fourth-order valence-corrected chi connectivity index (χ4v) is 8.08. The van der Waals surface area contributed by atoms with Gasteiger partial charge in [-0.2, -0.15) is 0 Å². The van der Waals surface area contributed by atoms with Crippen molar-refractivity contribution >= 4 is 23.4 Å². The molecule has 2 aliphatic heterocycles. The molecule has 0 spiro atoms. The summed E-state index contributed by atoms with van der Waals surface area (Å²) in [6.07, 6.45) is 10.0. The Morgan fingerprint density at radius 1 is 1.00 bits per heavy atom.